The molecule has 1 amide bonds. The zero-order chi connectivity index (χ0) is 22.4. The Morgan fingerprint density at radius 1 is 0.812 bits per heavy atom. The Kier molecular flexibility index (Phi) is 7.02. The molecular formula is C26H28N2O3S. The number of amides is 1. The highest BCUT2D eigenvalue weighted by Gasteiger charge is 2.27. The lowest BCUT2D eigenvalue weighted by molar-refractivity contribution is -0.121. The lowest BCUT2D eigenvalue weighted by atomic mass is 9.88. The highest BCUT2D eigenvalue weighted by Crippen LogP contribution is 2.28. The third-order valence-electron chi connectivity index (χ3n) is 5.91. The molecule has 0 atom stereocenters. The van der Waals surface area contributed by atoms with Crippen LogP contribution in [0.1, 0.15) is 41.9 Å². The Morgan fingerprint density at radius 2 is 1.34 bits per heavy atom. The van der Waals surface area contributed by atoms with Crippen molar-refractivity contribution < 1.29 is 13.2 Å². The van der Waals surface area contributed by atoms with Gasteiger partial charge in [0.05, 0.1) is 4.90 Å². The molecule has 0 spiro atoms. The summed E-state index contributed by atoms with van der Waals surface area (Å²) in [6.45, 7) is 1.54. The minimum Gasteiger partial charge on any atom is -0.352 e. The van der Waals surface area contributed by atoms with E-state index in [0.29, 0.717) is 31.0 Å². The molecule has 166 valence electrons. The number of carbonyl (C=O) groups excluding carboxylic acids is 1. The van der Waals surface area contributed by atoms with E-state index in [1.807, 2.05) is 60.7 Å². The molecule has 6 heteroatoms. The molecule has 5 nitrogen and oxygen atoms in total. The van der Waals surface area contributed by atoms with Crippen LogP contribution in [0.5, 0.6) is 0 Å². The van der Waals surface area contributed by atoms with Crippen LogP contribution in [0, 0.1) is 0 Å². The molecule has 1 aliphatic heterocycles. The monoisotopic (exact) mass is 448 g/mol. The zero-order valence-corrected chi connectivity index (χ0v) is 18.8. The van der Waals surface area contributed by atoms with Crippen molar-refractivity contribution in [2.75, 3.05) is 13.1 Å². The number of rotatable bonds is 8. The van der Waals surface area contributed by atoms with Crippen molar-refractivity contribution in [2.24, 2.45) is 0 Å². The van der Waals surface area contributed by atoms with Crippen molar-refractivity contribution in [1.82, 2.24) is 9.62 Å². The molecule has 1 saturated heterocycles. The van der Waals surface area contributed by atoms with Crippen LogP contribution in [0.2, 0.25) is 0 Å². The van der Waals surface area contributed by atoms with E-state index >= 15 is 0 Å². The first-order valence-electron chi connectivity index (χ1n) is 11.0. The molecule has 1 N–H and O–H groups in total. The Balaban J connectivity index is 1.39. The Morgan fingerprint density at radius 3 is 1.88 bits per heavy atom. The summed E-state index contributed by atoms with van der Waals surface area (Å²) < 4.78 is 26.9. The van der Waals surface area contributed by atoms with Crippen LogP contribution in [0.25, 0.3) is 0 Å². The van der Waals surface area contributed by atoms with Crippen LogP contribution in [0.15, 0.2) is 89.8 Å². The topological polar surface area (TPSA) is 66.5 Å². The summed E-state index contributed by atoms with van der Waals surface area (Å²) >= 11 is 0. The van der Waals surface area contributed by atoms with Crippen molar-refractivity contribution in [3.63, 3.8) is 0 Å². The van der Waals surface area contributed by atoms with Gasteiger partial charge in [-0.1, -0.05) is 72.8 Å². The quantitative estimate of drug-likeness (QED) is 0.558. The molecule has 4 rings (SSSR count). The van der Waals surface area contributed by atoms with Gasteiger partial charge < -0.3 is 5.32 Å². The average molecular weight is 449 g/mol. The van der Waals surface area contributed by atoms with Gasteiger partial charge in [0.1, 0.15) is 0 Å². The number of sulfonamides is 1. The van der Waals surface area contributed by atoms with Gasteiger partial charge in [0.15, 0.2) is 0 Å². The highest BCUT2D eigenvalue weighted by atomic mass is 32.2. The van der Waals surface area contributed by atoms with Crippen LogP contribution < -0.4 is 5.32 Å². The van der Waals surface area contributed by atoms with Gasteiger partial charge in [-0.05, 0) is 41.7 Å². The zero-order valence-electron chi connectivity index (χ0n) is 18.0. The van der Waals surface area contributed by atoms with Crippen LogP contribution in [-0.2, 0) is 21.4 Å². The minimum atomic E-state index is -3.42. The number of hydrogen-bond donors (Lipinski definition) is 1. The first kappa shape index (κ1) is 22.2. The SMILES string of the molecule is O=C(CC(c1ccccc1)c1ccccc1)NCc1ccc(S(=O)(=O)N2CCCC2)cc1. The molecule has 0 saturated carbocycles. The average Bonchev–Trinajstić information content (AvgIpc) is 3.39. The number of nitrogens with zero attached hydrogens (tertiary/aromatic N) is 1. The second-order valence-corrected chi connectivity index (χ2v) is 10.0. The lowest BCUT2D eigenvalue weighted by Crippen LogP contribution is -2.28. The molecular weight excluding hydrogens is 420 g/mol. The fourth-order valence-electron chi connectivity index (χ4n) is 4.11. The second-order valence-electron chi connectivity index (χ2n) is 8.11. The summed E-state index contributed by atoms with van der Waals surface area (Å²) in [5.41, 5.74) is 3.07. The van der Waals surface area contributed by atoms with Crippen molar-refractivity contribution in [2.45, 2.75) is 36.6 Å². The van der Waals surface area contributed by atoms with Gasteiger partial charge in [0.25, 0.3) is 0 Å². The van der Waals surface area contributed by atoms with Gasteiger partial charge in [-0.25, -0.2) is 8.42 Å². The minimum absolute atomic E-state index is 0.0228. The Bertz CT molecular complexity index is 1090. The molecule has 1 fully saturated rings. The van der Waals surface area contributed by atoms with Crippen LogP contribution in [0.4, 0.5) is 0 Å². The molecule has 3 aromatic rings. The summed E-state index contributed by atoms with van der Waals surface area (Å²) in [5, 5.41) is 2.98. The van der Waals surface area contributed by atoms with E-state index in [9.17, 15) is 13.2 Å². The lowest BCUT2D eigenvalue weighted by Gasteiger charge is -2.18. The van der Waals surface area contributed by atoms with Crippen molar-refractivity contribution in [1.29, 1.82) is 0 Å². The van der Waals surface area contributed by atoms with E-state index < -0.39 is 10.0 Å². The smallest absolute Gasteiger partial charge is 0.243 e. The number of nitrogens with one attached hydrogen (secondary N) is 1. The normalized spacial score (nSPS) is 14.5. The molecule has 1 aliphatic rings. The molecule has 0 aromatic heterocycles. The summed E-state index contributed by atoms with van der Waals surface area (Å²) in [5.74, 6) is -0.0677. The largest absolute Gasteiger partial charge is 0.352 e. The van der Waals surface area contributed by atoms with Crippen LogP contribution in [0.3, 0.4) is 0 Å². The summed E-state index contributed by atoms with van der Waals surface area (Å²) in [6, 6.07) is 26.9. The molecule has 0 radical (unpaired) electrons. The first-order valence-corrected chi connectivity index (χ1v) is 12.4. The Hall–Kier alpha value is -2.96. The van der Waals surface area contributed by atoms with E-state index in [0.717, 1.165) is 29.5 Å². The highest BCUT2D eigenvalue weighted by molar-refractivity contribution is 7.89. The van der Waals surface area contributed by atoms with Gasteiger partial charge in [0.2, 0.25) is 15.9 Å². The number of hydrogen-bond acceptors (Lipinski definition) is 3. The summed E-state index contributed by atoms with van der Waals surface area (Å²) in [7, 11) is -3.42. The van der Waals surface area contributed by atoms with E-state index in [2.05, 4.69) is 5.32 Å². The van der Waals surface area contributed by atoms with Gasteiger partial charge in [0, 0.05) is 32.0 Å². The predicted octanol–water partition coefficient (Wildman–Crippen LogP) is 4.31. The second kappa shape index (κ2) is 10.1. The predicted molar refractivity (Wildman–Crippen MR) is 126 cm³/mol. The maximum Gasteiger partial charge on any atom is 0.243 e. The van der Waals surface area contributed by atoms with Gasteiger partial charge >= 0.3 is 0 Å². The van der Waals surface area contributed by atoms with E-state index in [-0.39, 0.29) is 11.8 Å². The van der Waals surface area contributed by atoms with Crippen molar-refractivity contribution in [3.8, 4) is 0 Å². The number of benzene rings is 3. The van der Waals surface area contributed by atoms with Crippen LogP contribution >= 0.6 is 0 Å². The molecule has 32 heavy (non-hydrogen) atoms. The Labute approximate surface area is 190 Å². The maximum absolute atomic E-state index is 12.8. The van der Waals surface area contributed by atoms with E-state index in [4.69, 9.17) is 0 Å². The standard InChI is InChI=1S/C26H28N2O3S/c29-26(19-25(22-9-3-1-4-10-22)23-11-5-2-6-12-23)27-20-21-13-15-24(16-14-21)32(30,31)28-17-7-8-18-28/h1-6,9-16,25H,7-8,17-20H2,(H,27,29). The molecule has 0 unspecified atom stereocenters. The third kappa shape index (κ3) is 5.26. The van der Waals surface area contributed by atoms with Gasteiger partial charge in [-0.3, -0.25) is 4.79 Å². The van der Waals surface area contributed by atoms with Crippen LogP contribution in [-0.4, -0.2) is 31.7 Å². The number of carbonyl (C=O) groups is 1. The summed E-state index contributed by atoms with van der Waals surface area (Å²) in [6.07, 6.45) is 2.17. The third-order valence-corrected chi connectivity index (χ3v) is 7.82. The molecule has 3 aromatic carbocycles. The van der Waals surface area contributed by atoms with Crippen molar-refractivity contribution >= 4 is 15.9 Å². The summed E-state index contributed by atoms with van der Waals surface area (Å²) in [4.78, 5) is 13.1. The first-order chi connectivity index (χ1) is 15.5. The van der Waals surface area contributed by atoms with E-state index in [1.165, 1.54) is 4.31 Å². The fourth-order valence-corrected chi connectivity index (χ4v) is 5.63. The van der Waals surface area contributed by atoms with Gasteiger partial charge in [-0.15, -0.1) is 0 Å². The van der Waals surface area contributed by atoms with E-state index in [1.54, 1.807) is 24.3 Å². The molecule has 1 heterocycles. The van der Waals surface area contributed by atoms with Crippen molar-refractivity contribution in [3.05, 3.63) is 102 Å². The molecule has 0 aliphatic carbocycles. The fraction of sp³-hybridized carbons (Fsp3) is 0.269. The van der Waals surface area contributed by atoms with Gasteiger partial charge in [-0.2, -0.15) is 4.31 Å². The molecule has 0 bridgehead atoms. The maximum atomic E-state index is 12.8.